The average Bonchev–Trinajstić information content (AvgIpc) is 3.23. The zero-order valence-corrected chi connectivity index (χ0v) is 15.8. The fourth-order valence-corrected chi connectivity index (χ4v) is 3.15. The quantitative estimate of drug-likeness (QED) is 0.505. The molecule has 134 valence electrons. The lowest BCUT2D eigenvalue weighted by Crippen LogP contribution is -2.21. The van der Waals surface area contributed by atoms with Gasteiger partial charge in [-0.25, -0.2) is 0 Å². The van der Waals surface area contributed by atoms with Crippen molar-refractivity contribution < 1.29 is 9.21 Å². The Morgan fingerprint density at radius 3 is 2.48 bits per heavy atom. The van der Waals surface area contributed by atoms with Gasteiger partial charge in [0.05, 0.1) is 22.0 Å². The summed E-state index contributed by atoms with van der Waals surface area (Å²) in [5, 5.41) is 6.78. The summed E-state index contributed by atoms with van der Waals surface area (Å²) in [6.07, 6.45) is 1.69. The van der Waals surface area contributed by atoms with Crippen molar-refractivity contribution in [3.8, 4) is 11.3 Å². The van der Waals surface area contributed by atoms with Crippen molar-refractivity contribution in [3.05, 3.63) is 82.0 Å². The zero-order chi connectivity index (χ0) is 19.0. The highest BCUT2D eigenvalue weighted by Crippen LogP contribution is 2.31. The Labute approximate surface area is 166 Å². The van der Waals surface area contributed by atoms with Crippen LogP contribution in [-0.2, 0) is 4.79 Å². The molecular weight excluding hydrogens is 383 g/mol. The molecule has 0 aliphatic carbocycles. The van der Waals surface area contributed by atoms with Crippen LogP contribution in [0.15, 0.2) is 75.8 Å². The fraction of sp³-hybridized carbons (Fsp3) is 0.0476. The first-order chi connectivity index (χ1) is 13.0. The van der Waals surface area contributed by atoms with Crippen LogP contribution in [0.5, 0.6) is 0 Å². The van der Waals surface area contributed by atoms with Gasteiger partial charge in [-0.05, 0) is 61.5 Å². The number of furan rings is 1. The van der Waals surface area contributed by atoms with E-state index in [1.165, 1.54) is 5.01 Å². The van der Waals surface area contributed by atoms with E-state index in [9.17, 15) is 4.79 Å². The molecule has 4 nitrogen and oxygen atoms in total. The van der Waals surface area contributed by atoms with Gasteiger partial charge in [0.1, 0.15) is 11.5 Å². The summed E-state index contributed by atoms with van der Waals surface area (Å²) < 4.78 is 5.86. The molecule has 0 bridgehead atoms. The first-order valence-electron chi connectivity index (χ1n) is 8.25. The van der Waals surface area contributed by atoms with E-state index < -0.39 is 0 Å². The lowest BCUT2D eigenvalue weighted by molar-refractivity contribution is -0.114. The van der Waals surface area contributed by atoms with Gasteiger partial charge in [0.15, 0.2) is 0 Å². The third-order valence-electron chi connectivity index (χ3n) is 4.19. The lowest BCUT2D eigenvalue weighted by Gasteiger charge is -2.12. The number of para-hydroxylation sites is 1. The van der Waals surface area contributed by atoms with Crippen molar-refractivity contribution in [1.82, 2.24) is 0 Å². The molecule has 1 amide bonds. The Morgan fingerprint density at radius 2 is 1.74 bits per heavy atom. The summed E-state index contributed by atoms with van der Waals surface area (Å²) in [5.41, 5.74) is 2.52. The van der Waals surface area contributed by atoms with Gasteiger partial charge in [-0.2, -0.15) is 10.1 Å². The average molecular weight is 397 g/mol. The predicted octanol–water partition coefficient (Wildman–Crippen LogP) is 6.06. The van der Waals surface area contributed by atoms with Crippen LogP contribution in [-0.4, -0.2) is 11.6 Å². The third-order valence-corrected chi connectivity index (χ3v) is 4.76. The molecule has 0 N–H and O–H groups in total. The summed E-state index contributed by atoms with van der Waals surface area (Å²) in [4.78, 5) is 12.8. The van der Waals surface area contributed by atoms with E-state index in [2.05, 4.69) is 5.10 Å². The molecule has 1 aliphatic heterocycles. The standard InChI is InChI=1S/C21H14Cl2N2O2/c1-13-17(21(26)25(24-13)19-5-3-2-4-18(19)23)12-16-10-11-20(27-16)14-6-8-15(22)9-7-14/h2-12H,1H3/b17-12-. The van der Waals surface area contributed by atoms with E-state index in [1.54, 1.807) is 43.3 Å². The molecule has 0 atom stereocenters. The molecule has 0 saturated carbocycles. The molecule has 1 aromatic heterocycles. The van der Waals surface area contributed by atoms with Gasteiger partial charge < -0.3 is 4.42 Å². The highest BCUT2D eigenvalue weighted by molar-refractivity contribution is 6.37. The summed E-state index contributed by atoms with van der Waals surface area (Å²) >= 11 is 12.1. The topological polar surface area (TPSA) is 45.8 Å². The number of hydrazone groups is 1. The van der Waals surface area contributed by atoms with Crippen molar-refractivity contribution in [2.75, 3.05) is 5.01 Å². The van der Waals surface area contributed by atoms with Crippen molar-refractivity contribution >= 4 is 46.6 Å². The van der Waals surface area contributed by atoms with Crippen LogP contribution in [0, 0.1) is 0 Å². The van der Waals surface area contributed by atoms with E-state index in [0.29, 0.717) is 38.5 Å². The molecule has 0 spiro atoms. The minimum atomic E-state index is -0.245. The molecule has 3 aromatic rings. The highest BCUT2D eigenvalue weighted by atomic mass is 35.5. The minimum Gasteiger partial charge on any atom is -0.457 e. The normalized spacial score (nSPS) is 15.5. The van der Waals surface area contributed by atoms with Crippen molar-refractivity contribution in [2.45, 2.75) is 6.92 Å². The molecule has 0 radical (unpaired) electrons. The van der Waals surface area contributed by atoms with Crippen molar-refractivity contribution in [3.63, 3.8) is 0 Å². The first kappa shape index (κ1) is 17.6. The largest absolute Gasteiger partial charge is 0.457 e. The maximum absolute atomic E-state index is 12.8. The van der Waals surface area contributed by atoms with Crippen LogP contribution in [0.2, 0.25) is 10.0 Å². The van der Waals surface area contributed by atoms with Crippen molar-refractivity contribution in [2.24, 2.45) is 5.10 Å². The Balaban J connectivity index is 1.63. The molecular formula is C21H14Cl2N2O2. The highest BCUT2D eigenvalue weighted by Gasteiger charge is 2.30. The van der Waals surface area contributed by atoms with E-state index in [4.69, 9.17) is 27.6 Å². The van der Waals surface area contributed by atoms with Gasteiger partial charge in [0.2, 0.25) is 0 Å². The van der Waals surface area contributed by atoms with Gasteiger partial charge in [-0.15, -0.1) is 0 Å². The molecule has 0 fully saturated rings. The van der Waals surface area contributed by atoms with E-state index in [-0.39, 0.29) is 5.91 Å². The molecule has 0 saturated heterocycles. The number of amides is 1. The number of nitrogens with zero attached hydrogens (tertiary/aromatic N) is 2. The van der Waals surface area contributed by atoms with Gasteiger partial charge in [-0.1, -0.05) is 35.3 Å². The van der Waals surface area contributed by atoms with Gasteiger partial charge >= 0.3 is 0 Å². The summed E-state index contributed by atoms with van der Waals surface area (Å²) in [6, 6.07) is 18.1. The Morgan fingerprint density at radius 1 is 1.00 bits per heavy atom. The van der Waals surface area contributed by atoms with Crippen molar-refractivity contribution in [1.29, 1.82) is 0 Å². The molecule has 6 heteroatoms. The van der Waals surface area contributed by atoms with Crippen LogP contribution < -0.4 is 5.01 Å². The molecule has 4 rings (SSSR count). The monoisotopic (exact) mass is 396 g/mol. The van der Waals surface area contributed by atoms with Gasteiger partial charge in [0.25, 0.3) is 5.91 Å². The lowest BCUT2D eigenvalue weighted by atomic mass is 10.1. The maximum atomic E-state index is 12.8. The number of halogens is 2. The smallest absolute Gasteiger partial charge is 0.280 e. The van der Waals surface area contributed by atoms with E-state index >= 15 is 0 Å². The zero-order valence-electron chi connectivity index (χ0n) is 14.3. The first-order valence-corrected chi connectivity index (χ1v) is 9.00. The number of rotatable bonds is 3. The second-order valence-electron chi connectivity index (χ2n) is 6.02. The number of anilines is 1. The Hall–Kier alpha value is -2.82. The molecule has 2 heterocycles. The predicted molar refractivity (Wildman–Crippen MR) is 109 cm³/mol. The van der Waals surface area contributed by atoms with Crippen LogP contribution in [0.25, 0.3) is 17.4 Å². The summed E-state index contributed by atoms with van der Waals surface area (Å²) in [6.45, 7) is 1.78. The molecule has 27 heavy (non-hydrogen) atoms. The van der Waals surface area contributed by atoms with Gasteiger partial charge in [0, 0.05) is 10.6 Å². The Bertz CT molecular complexity index is 1080. The second kappa shape index (κ2) is 7.06. The Kier molecular flexibility index (Phi) is 4.60. The van der Waals surface area contributed by atoms with E-state index in [1.807, 2.05) is 30.3 Å². The number of hydrogen-bond acceptors (Lipinski definition) is 3. The van der Waals surface area contributed by atoms with Crippen LogP contribution in [0.1, 0.15) is 12.7 Å². The van der Waals surface area contributed by atoms with Crippen LogP contribution in [0.3, 0.4) is 0 Å². The maximum Gasteiger partial charge on any atom is 0.280 e. The van der Waals surface area contributed by atoms with Crippen LogP contribution >= 0.6 is 23.2 Å². The number of carbonyl (C=O) groups excluding carboxylic acids is 1. The fourth-order valence-electron chi connectivity index (χ4n) is 2.81. The second-order valence-corrected chi connectivity index (χ2v) is 6.86. The summed E-state index contributed by atoms with van der Waals surface area (Å²) in [5.74, 6) is 1.02. The minimum absolute atomic E-state index is 0.245. The summed E-state index contributed by atoms with van der Waals surface area (Å²) in [7, 11) is 0. The number of hydrogen-bond donors (Lipinski definition) is 0. The SMILES string of the molecule is CC1=NN(c2ccccc2Cl)C(=O)/C1=C\c1ccc(-c2ccc(Cl)cc2)o1. The van der Waals surface area contributed by atoms with E-state index in [0.717, 1.165) is 5.56 Å². The molecule has 1 aliphatic rings. The number of benzene rings is 2. The molecule has 2 aromatic carbocycles. The number of carbonyl (C=O) groups is 1. The molecule has 0 unspecified atom stereocenters. The van der Waals surface area contributed by atoms with Crippen LogP contribution in [0.4, 0.5) is 5.69 Å². The third kappa shape index (κ3) is 3.42. The van der Waals surface area contributed by atoms with Gasteiger partial charge in [-0.3, -0.25) is 4.79 Å².